The van der Waals surface area contributed by atoms with E-state index in [4.69, 9.17) is 4.74 Å². The number of nitrogens with zero attached hydrogens (tertiary/aromatic N) is 2. The Kier molecular flexibility index (Phi) is 5.47. The Hall–Kier alpha value is -3.73. The van der Waals surface area contributed by atoms with Crippen molar-refractivity contribution in [1.29, 1.82) is 0 Å². The number of fused-ring (bicyclic) bond motifs is 1. The Morgan fingerprint density at radius 3 is 2.55 bits per heavy atom. The summed E-state index contributed by atoms with van der Waals surface area (Å²) in [6.07, 6.45) is 4.77. The molecule has 0 fully saturated rings. The van der Waals surface area contributed by atoms with Gasteiger partial charge in [0.25, 0.3) is 5.69 Å². The van der Waals surface area contributed by atoms with Crippen molar-refractivity contribution in [3.8, 4) is 5.75 Å². The maximum atomic E-state index is 10.8. The summed E-state index contributed by atoms with van der Waals surface area (Å²) in [7, 11) is 0. The molecule has 0 saturated heterocycles. The number of nitro benzene ring substituents is 1. The second-order valence-corrected chi connectivity index (χ2v) is 6.79. The molecular weight excluding hydrogens is 364 g/mol. The molecule has 3 aromatic carbocycles. The van der Waals surface area contributed by atoms with Gasteiger partial charge in [0.15, 0.2) is 0 Å². The standard InChI is InChI=1S/C24H20N2O3/c27-26(28)21-9-6-18(7-10-21)8-13-24-23-12-11-22(16-20(23)14-15-25-24)29-17-19-4-2-1-3-5-19/h1-13,16H,14-15,17H2/b13-8+. The Bertz CT molecular complexity index is 1070. The second-order valence-electron chi connectivity index (χ2n) is 6.79. The molecule has 0 saturated carbocycles. The van der Waals surface area contributed by atoms with Crippen LogP contribution in [0.15, 0.2) is 83.9 Å². The minimum atomic E-state index is -0.396. The van der Waals surface area contributed by atoms with Gasteiger partial charge in [-0.15, -0.1) is 0 Å². The topological polar surface area (TPSA) is 64.7 Å². The van der Waals surface area contributed by atoms with Gasteiger partial charge in [-0.05, 0) is 59.5 Å². The first-order valence-electron chi connectivity index (χ1n) is 9.46. The number of aliphatic imine (C=N–C) groups is 1. The molecule has 1 aliphatic heterocycles. The Morgan fingerprint density at radius 2 is 1.79 bits per heavy atom. The van der Waals surface area contributed by atoms with Crippen LogP contribution in [0.2, 0.25) is 0 Å². The van der Waals surface area contributed by atoms with Crippen molar-refractivity contribution in [2.45, 2.75) is 13.0 Å². The molecule has 1 heterocycles. The fraction of sp³-hybridized carbons (Fsp3) is 0.125. The van der Waals surface area contributed by atoms with E-state index in [0.717, 1.165) is 41.1 Å². The van der Waals surface area contributed by atoms with E-state index in [9.17, 15) is 10.1 Å². The van der Waals surface area contributed by atoms with Crippen LogP contribution in [-0.4, -0.2) is 17.2 Å². The summed E-state index contributed by atoms with van der Waals surface area (Å²) in [5, 5.41) is 10.8. The number of hydrogen-bond donors (Lipinski definition) is 0. The lowest BCUT2D eigenvalue weighted by Gasteiger charge is -2.16. The zero-order valence-electron chi connectivity index (χ0n) is 15.8. The van der Waals surface area contributed by atoms with Crippen LogP contribution in [-0.2, 0) is 13.0 Å². The monoisotopic (exact) mass is 384 g/mol. The van der Waals surface area contributed by atoms with Gasteiger partial charge in [-0.1, -0.05) is 36.4 Å². The summed E-state index contributed by atoms with van der Waals surface area (Å²) in [6, 6.07) is 22.7. The van der Waals surface area contributed by atoms with E-state index in [1.165, 1.54) is 17.7 Å². The van der Waals surface area contributed by atoms with Crippen LogP contribution in [0.5, 0.6) is 5.75 Å². The highest BCUT2D eigenvalue weighted by molar-refractivity contribution is 6.12. The lowest BCUT2D eigenvalue weighted by Crippen LogP contribution is -2.11. The lowest BCUT2D eigenvalue weighted by atomic mass is 9.96. The van der Waals surface area contributed by atoms with Crippen LogP contribution in [0.3, 0.4) is 0 Å². The second kappa shape index (κ2) is 8.52. The molecule has 0 atom stereocenters. The third kappa shape index (κ3) is 4.58. The Morgan fingerprint density at radius 1 is 1.00 bits per heavy atom. The minimum Gasteiger partial charge on any atom is -0.489 e. The zero-order valence-corrected chi connectivity index (χ0v) is 15.8. The molecule has 4 rings (SSSR count). The molecule has 0 radical (unpaired) electrons. The molecule has 0 N–H and O–H groups in total. The first-order valence-corrected chi connectivity index (χ1v) is 9.46. The molecule has 0 amide bonds. The average molecular weight is 384 g/mol. The van der Waals surface area contributed by atoms with Crippen LogP contribution in [0.1, 0.15) is 22.3 Å². The van der Waals surface area contributed by atoms with Gasteiger partial charge in [0, 0.05) is 24.2 Å². The van der Waals surface area contributed by atoms with Gasteiger partial charge in [-0.3, -0.25) is 15.1 Å². The third-order valence-corrected chi connectivity index (χ3v) is 4.80. The first kappa shape index (κ1) is 18.6. The third-order valence-electron chi connectivity index (χ3n) is 4.80. The van der Waals surface area contributed by atoms with Crippen LogP contribution in [0.4, 0.5) is 5.69 Å². The largest absolute Gasteiger partial charge is 0.489 e. The first-order chi connectivity index (χ1) is 14.2. The molecular formula is C24H20N2O3. The molecule has 0 aromatic heterocycles. The Labute approximate surface area is 169 Å². The Balaban J connectivity index is 1.47. The lowest BCUT2D eigenvalue weighted by molar-refractivity contribution is -0.384. The molecule has 0 bridgehead atoms. The molecule has 0 aliphatic carbocycles. The quantitative estimate of drug-likeness (QED) is 0.432. The predicted octanol–water partition coefficient (Wildman–Crippen LogP) is 5.23. The molecule has 1 aliphatic rings. The van der Waals surface area contributed by atoms with Crippen LogP contribution < -0.4 is 4.74 Å². The molecule has 29 heavy (non-hydrogen) atoms. The van der Waals surface area contributed by atoms with Crippen LogP contribution >= 0.6 is 0 Å². The van der Waals surface area contributed by atoms with Crippen molar-refractivity contribution in [1.82, 2.24) is 0 Å². The highest BCUT2D eigenvalue weighted by Gasteiger charge is 2.13. The van der Waals surface area contributed by atoms with Gasteiger partial charge in [0.05, 0.1) is 10.6 Å². The summed E-state index contributed by atoms with van der Waals surface area (Å²) in [5.74, 6) is 0.855. The van der Waals surface area contributed by atoms with E-state index in [0.29, 0.717) is 6.61 Å². The van der Waals surface area contributed by atoms with E-state index < -0.39 is 4.92 Å². The average Bonchev–Trinajstić information content (AvgIpc) is 2.77. The number of benzene rings is 3. The minimum absolute atomic E-state index is 0.0885. The summed E-state index contributed by atoms with van der Waals surface area (Å²) in [4.78, 5) is 15.0. The van der Waals surface area contributed by atoms with Crippen LogP contribution in [0, 0.1) is 10.1 Å². The van der Waals surface area contributed by atoms with E-state index in [2.05, 4.69) is 11.1 Å². The van der Waals surface area contributed by atoms with Crippen molar-refractivity contribution < 1.29 is 9.66 Å². The van der Waals surface area contributed by atoms with Crippen molar-refractivity contribution in [3.63, 3.8) is 0 Å². The normalized spacial score (nSPS) is 13.0. The van der Waals surface area contributed by atoms with Gasteiger partial charge >= 0.3 is 0 Å². The van der Waals surface area contributed by atoms with E-state index >= 15 is 0 Å². The van der Waals surface area contributed by atoms with E-state index in [1.807, 2.05) is 54.6 Å². The fourth-order valence-corrected chi connectivity index (χ4v) is 3.26. The van der Waals surface area contributed by atoms with Gasteiger partial charge in [-0.25, -0.2) is 0 Å². The SMILES string of the molecule is O=[N+]([O-])c1ccc(/C=C/C2=NCCc3cc(OCc4ccccc4)ccc32)cc1. The van der Waals surface area contributed by atoms with Crippen molar-refractivity contribution in [2.24, 2.45) is 4.99 Å². The maximum Gasteiger partial charge on any atom is 0.269 e. The highest BCUT2D eigenvalue weighted by atomic mass is 16.6. The number of non-ortho nitro benzene ring substituents is 1. The number of hydrogen-bond acceptors (Lipinski definition) is 4. The highest BCUT2D eigenvalue weighted by Crippen LogP contribution is 2.24. The van der Waals surface area contributed by atoms with Crippen molar-refractivity contribution in [3.05, 3.63) is 111 Å². The van der Waals surface area contributed by atoms with Gasteiger partial charge in [0.1, 0.15) is 12.4 Å². The zero-order chi connectivity index (χ0) is 20.1. The predicted molar refractivity (Wildman–Crippen MR) is 114 cm³/mol. The summed E-state index contributed by atoms with van der Waals surface area (Å²) < 4.78 is 5.94. The molecule has 5 heteroatoms. The van der Waals surface area contributed by atoms with Crippen molar-refractivity contribution >= 4 is 17.5 Å². The molecule has 144 valence electrons. The fourth-order valence-electron chi connectivity index (χ4n) is 3.26. The van der Waals surface area contributed by atoms with Gasteiger partial charge in [0.2, 0.25) is 0 Å². The summed E-state index contributed by atoms with van der Waals surface area (Å²) in [6.45, 7) is 1.27. The number of ether oxygens (including phenoxy) is 1. The van der Waals surface area contributed by atoms with Gasteiger partial charge < -0.3 is 4.74 Å². The number of nitro groups is 1. The smallest absolute Gasteiger partial charge is 0.269 e. The molecule has 3 aromatic rings. The van der Waals surface area contributed by atoms with E-state index in [-0.39, 0.29) is 5.69 Å². The molecule has 0 spiro atoms. The van der Waals surface area contributed by atoms with Crippen LogP contribution in [0.25, 0.3) is 6.08 Å². The molecule has 0 unspecified atom stereocenters. The maximum absolute atomic E-state index is 10.8. The number of allylic oxidation sites excluding steroid dienone is 1. The number of rotatable bonds is 6. The summed E-state index contributed by atoms with van der Waals surface area (Å²) in [5.41, 5.74) is 5.35. The van der Waals surface area contributed by atoms with Crippen molar-refractivity contribution in [2.75, 3.05) is 6.54 Å². The summed E-state index contributed by atoms with van der Waals surface area (Å²) >= 11 is 0. The molecule has 5 nitrogen and oxygen atoms in total. The van der Waals surface area contributed by atoms with Gasteiger partial charge in [-0.2, -0.15) is 0 Å². The van der Waals surface area contributed by atoms with E-state index in [1.54, 1.807) is 12.1 Å².